The highest BCUT2D eigenvalue weighted by Gasteiger charge is 2.31. The minimum atomic E-state index is -0.0501. The molecular formula is C13H21N3OS. The molecule has 0 radical (unpaired) electrons. The van der Waals surface area contributed by atoms with E-state index in [-0.39, 0.29) is 11.6 Å². The van der Waals surface area contributed by atoms with Crippen LogP contribution in [0, 0.1) is 5.92 Å². The molecule has 1 fully saturated rings. The molecule has 1 aromatic rings. The SMILES string of the molecule is CCCc1cc(=O)[nH]c(SC2CCC(N)C2C)n1. The van der Waals surface area contributed by atoms with Gasteiger partial charge in [0.25, 0.3) is 5.56 Å². The Bertz CT molecular complexity index is 460. The third-order valence-electron chi connectivity index (χ3n) is 3.59. The van der Waals surface area contributed by atoms with Crippen molar-refractivity contribution < 1.29 is 0 Å². The molecule has 0 spiro atoms. The smallest absolute Gasteiger partial charge is 0.251 e. The number of nitrogens with zero attached hydrogens (tertiary/aromatic N) is 1. The van der Waals surface area contributed by atoms with Crippen molar-refractivity contribution >= 4 is 11.8 Å². The van der Waals surface area contributed by atoms with E-state index in [2.05, 4.69) is 23.8 Å². The lowest BCUT2D eigenvalue weighted by atomic mass is 10.1. The van der Waals surface area contributed by atoms with Gasteiger partial charge in [-0.25, -0.2) is 4.98 Å². The Morgan fingerprint density at radius 3 is 2.94 bits per heavy atom. The first-order valence-corrected chi connectivity index (χ1v) is 7.50. The third kappa shape index (κ3) is 3.14. The van der Waals surface area contributed by atoms with Gasteiger partial charge in [0.15, 0.2) is 5.16 Å². The lowest BCUT2D eigenvalue weighted by Gasteiger charge is -2.16. The Labute approximate surface area is 112 Å². The molecule has 1 aliphatic carbocycles. The maximum Gasteiger partial charge on any atom is 0.251 e. The molecule has 18 heavy (non-hydrogen) atoms. The second kappa shape index (κ2) is 5.89. The number of hydrogen-bond acceptors (Lipinski definition) is 4. The highest BCUT2D eigenvalue weighted by atomic mass is 32.2. The fourth-order valence-electron chi connectivity index (χ4n) is 2.39. The first kappa shape index (κ1) is 13.6. The number of nitrogens with two attached hydrogens (primary N) is 1. The quantitative estimate of drug-likeness (QED) is 0.818. The molecule has 3 unspecified atom stereocenters. The lowest BCUT2D eigenvalue weighted by molar-refractivity contribution is 0.534. The molecule has 3 N–H and O–H groups in total. The van der Waals surface area contributed by atoms with Crippen LogP contribution in [0.1, 0.15) is 38.8 Å². The second-order valence-corrected chi connectivity index (χ2v) is 6.28. The molecule has 1 aromatic heterocycles. The average molecular weight is 267 g/mol. The molecule has 0 saturated heterocycles. The van der Waals surface area contributed by atoms with E-state index in [1.165, 1.54) is 0 Å². The number of hydrogen-bond donors (Lipinski definition) is 2. The highest BCUT2D eigenvalue weighted by molar-refractivity contribution is 7.99. The van der Waals surface area contributed by atoms with E-state index in [0.29, 0.717) is 11.2 Å². The van der Waals surface area contributed by atoms with Crippen molar-refractivity contribution in [3.8, 4) is 0 Å². The van der Waals surface area contributed by atoms with Crippen molar-refractivity contribution in [1.29, 1.82) is 0 Å². The van der Waals surface area contributed by atoms with E-state index in [9.17, 15) is 4.79 Å². The van der Waals surface area contributed by atoms with Crippen LogP contribution in [0.3, 0.4) is 0 Å². The van der Waals surface area contributed by atoms with Crippen molar-refractivity contribution in [1.82, 2.24) is 9.97 Å². The summed E-state index contributed by atoms with van der Waals surface area (Å²) in [5.41, 5.74) is 6.86. The largest absolute Gasteiger partial charge is 0.327 e. The molecule has 1 heterocycles. The summed E-state index contributed by atoms with van der Waals surface area (Å²) in [6.07, 6.45) is 4.04. The lowest BCUT2D eigenvalue weighted by Crippen LogP contribution is -2.26. The molecule has 4 nitrogen and oxygen atoms in total. The molecule has 100 valence electrons. The van der Waals surface area contributed by atoms with E-state index in [4.69, 9.17) is 5.73 Å². The summed E-state index contributed by atoms with van der Waals surface area (Å²) in [4.78, 5) is 18.9. The molecule has 0 amide bonds. The topological polar surface area (TPSA) is 71.8 Å². The van der Waals surface area contributed by atoms with Crippen LogP contribution in [0.2, 0.25) is 0 Å². The summed E-state index contributed by atoms with van der Waals surface area (Å²) in [5.74, 6) is 0.482. The number of aromatic amines is 1. The first-order valence-electron chi connectivity index (χ1n) is 6.62. The van der Waals surface area contributed by atoms with Gasteiger partial charge < -0.3 is 10.7 Å². The van der Waals surface area contributed by atoms with Crippen molar-refractivity contribution in [2.24, 2.45) is 11.7 Å². The van der Waals surface area contributed by atoms with Crippen LogP contribution in [0.25, 0.3) is 0 Å². The Morgan fingerprint density at radius 2 is 2.33 bits per heavy atom. The summed E-state index contributed by atoms with van der Waals surface area (Å²) in [7, 11) is 0. The maximum atomic E-state index is 11.6. The molecule has 5 heteroatoms. The number of aromatic nitrogens is 2. The number of rotatable bonds is 4. The summed E-state index contributed by atoms with van der Waals surface area (Å²) in [6, 6.07) is 1.88. The minimum absolute atomic E-state index is 0.0501. The predicted molar refractivity (Wildman–Crippen MR) is 74.9 cm³/mol. The predicted octanol–water partition coefficient (Wildman–Crippen LogP) is 1.94. The standard InChI is InChI=1S/C13H21N3OS/c1-3-4-9-7-12(17)16-13(15-9)18-11-6-5-10(14)8(11)2/h7-8,10-11H,3-6,14H2,1-2H3,(H,15,16,17). The van der Waals surface area contributed by atoms with Crippen LogP contribution in [-0.4, -0.2) is 21.3 Å². The van der Waals surface area contributed by atoms with E-state index >= 15 is 0 Å². The van der Waals surface area contributed by atoms with Crippen molar-refractivity contribution in [2.45, 2.75) is 56.0 Å². The van der Waals surface area contributed by atoms with E-state index in [0.717, 1.165) is 36.5 Å². The van der Waals surface area contributed by atoms with Crippen molar-refractivity contribution in [3.63, 3.8) is 0 Å². The Balaban J connectivity index is 2.11. The van der Waals surface area contributed by atoms with Gasteiger partial charge in [-0.2, -0.15) is 0 Å². The van der Waals surface area contributed by atoms with Gasteiger partial charge in [-0.3, -0.25) is 4.79 Å². The average Bonchev–Trinajstić information content (AvgIpc) is 2.61. The normalized spacial score (nSPS) is 27.6. The molecule has 0 aromatic carbocycles. The minimum Gasteiger partial charge on any atom is -0.327 e. The van der Waals surface area contributed by atoms with Gasteiger partial charge in [0, 0.05) is 23.1 Å². The fourth-order valence-corrected chi connectivity index (χ4v) is 3.68. The molecule has 3 atom stereocenters. The number of H-pyrrole nitrogens is 1. The zero-order valence-electron chi connectivity index (χ0n) is 11.0. The van der Waals surface area contributed by atoms with Crippen LogP contribution in [0.15, 0.2) is 16.0 Å². The number of thioether (sulfide) groups is 1. The van der Waals surface area contributed by atoms with Crippen LogP contribution in [-0.2, 0) is 6.42 Å². The maximum absolute atomic E-state index is 11.6. The molecule has 0 bridgehead atoms. The van der Waals surface area contributed by atoms with E-state index < -0.39 is 0 Å². The number of nitrogens with one attached hydrogen (secondary N) is 1. The Hall–Kier alpha value is -0.810. The van der Waals surface area contributed by atoms with E-state index in [1.54, 1.807) is 17.8 Å². The van der Waals surface area contributed by atoms with Gasteiger partial charge in [-0.05, 0) is 25.2 Å². The first-order chi connectivity index (χ1) is 8.60. The third-order valence-corrected chi connectivity index (χ3v) is 4.97. The van der Waals surface area contributed by atoms with Gasteiger partial charge in [0.2, 0.25) is 0 Å². The molecule has 0 aliphatic heterocycles. The zero-order valence-corrected chi connectivity index (χ0v) is 11.8. The van der Waals surface area contributed by atoms with Crippen LogP contribution < -0.4 is 11.3 Å². The van der Waals surface area contributed by atoms with Crippen molar-refractivity contribution in [2.75, 3.05) is 0 Å². The molecule has 1 saturated carbocycles. The molecule has 2 rings (SSSR count). The highest BCUT2D eigenvalue weighted by Crippen LogP contribution is 2.36. The summed E-state index contributed by atoms with van der Waals surface area (Å²) in [5, 5.41) is 1.22. The van der Waals surface area contributed by atoms with Crippen molar-refractivity contribution in [3.05, 3.63) is 22.1 Å². The van der Waals surface area contributed by atoms with Gasteiger partial charge >= 0.3 is 0 Å². The van der Waals surface area contributed by atoms with Crippen LogP contribution in [0.4, 0.5) is 0 Å². The van der Waals surface area contributed by atoms with E-state index in [1.807, 2.05) is 0 Å². The van der Waals surface area contributed by atoms with Crippen LogP contribution >= 0.6 is 11.8 Å². The van der Waals surface area contributed by atoms with Gasteiger partial charge in [0.1, 0.15) is 0 Å². The zero-order chi connectivity index (χ0) is 13.1. The summed E-state index contributed by atoms with van der Waals surface area (Å²) < 4.78 is 0. The van der Waals surface area contributed by atoms with Crippen LogP contribution in [0.5, 0.6) is 0 Å². The fraction of sp³-hybridized carbons (Fsp3) is 0.692. The molecule has 1 aliphatic rings. The monoisotopic (exact) mass is 267 g/mol. The Kier molecular flexibility index (Phi) is 4.45. The summed E-state index contributed by atoms with van der Waals surface area (Å²) >= 11 is 1.67. The summed E-state index contributed by atoms with van der Waals surface area (Å²) in [6.45, 7) is 4.27. The van der Waals surface area contributed by atoms with Gasteiger partial charge in [-0.15, -0.1) is 0 Å². The second-order valence-electron chi connectivity index (χ2n) is 5.05. The van der Waals surface area contributed by atoms with Gasteiger partial charge in [-0.1, -0.05) is 32.0 Å². The van der Waals surface area contributed by atoms with Gasteiger partial charge in [0.05, 0.1) is 0 Å². The number of aryl methyl sites for hydroxylation is 1. The molecular weight excluding hydrogens is 246 g/mol. The Morgan fingerprint density at radius 1 is 1.56 bits per heavy atom.